The molecule has 0 amide bonds. The first-order valence-corrected chi connectivity index (χ1v) is 8.36. The summed E-state index contributed by atoms with van der Waals surface area (Å²) in [7, 11) is 1.83. The third-order valence-corrected chi connectivity index (χ3v) is 4.83. The fourth-order valence-corrected chi connectivity index (χ4v) is 3.48. The van der Waals surface area contributed by atoms with Gasteiger partial charge in [-0.25, -0.2) is 0 Å². The summed E-state index contributed by atoms with van der Waals surface area (Å²) in [6, 6.07) is 4.55. The van der Waals surface area contributed by atoms with Crippen LogP contribution in [0.4, 0.5) is 0 Å². The number of likely N-dealkylation sites (tertiary alicyclic amines) is 1. The smallest absolute Gasteiger partial charge is 0.0595 e. The first-order chi connectivity index (χ1) is 9.46. The van der Waals surface area contributed by atoms with Crippen LogP contribution in [0.2, 0.25) is 0 Å². The highest BCUT2D eigenvalue weighted by Gasteiger charge is 2.19. The van der Waals surface area contributed by atoms with Gasteiger partial charge >= 0.3 is 0 Å². The topological polar surface area (TPSA) is 24.5 Å². The fourth-order valence-electron chi connectivity index (χ4n) is 2.48. The molecule has 0 unspecified atom stereocenters. The van der Waals surface area contributed by atoms with Crippen LogP contribution in [0.3, 0.4) is 0 Å². The van der Waals surface area contributed by atoms with E-state index < -0.39 is 0 Å². The van der Waals surface area contributed by atoms with E-state index in [0.29, 0.717) is 6.10 Å². The molecule has 0 aliphatic carbocycles. The Morgan fingerprint density at radius 2 is 1.90 bits per heavy atom. The van der Waals surface area contributed by atoms with Crippen LogP contribution in [-0.4, -0.2) is 36.7 Å². The van der Waals surface area contributed by atoms with Crippen LogP contribution < -0.4 is 5.32 Å². The molecule has 1 aliphatic rings. The minimum absolute atomic E-state index is 0.187. The predicted molar refractivity (Wildman–Crippen MR) is 86.2 cm³/mol. The maximum absolute atomic E-state index is 5.43. The zero-order valence-corrected chi connectivity index (χ0v) is 14.1. The Morgan fingerprint density at radius 3 is 2.50 bits per heavy atom. The van der Waals surface area contributed by atoms with E-state index in [-0.39, 0.29) is 5.54 Å². The van der Waals surface area contributed by atoms with E-state index in [1.807, 2.05) is 18.4 Å². The van der Waals surface area contributed by atoms with Gasteiger partial charge in [0.1, 0.15) is 0 Å². The van der Waals surface area contributed by atoms with E-state index in [1.165, 1.54) is 22.6 Å². The van der Waals surface area contributed by atoms with Crippen LogP contribution in [0.25, 0.3) is 0 Å². The van der Waals surface area contributed by atoms with Gasteiger partial charge in [0.25, 0.3) is 0 Å². The number of rotatable bonds is 5. The maximum atomic E-state index is 5.43. The van der Waals surface area contributed by atoms with Gasteiger partial charge in [0.2, 0.25) is 0 Å². The average Bonchev–Trinajstić information content (AvgIpc) is 2.84. The number of ether oxygens (including phenoxy) is 1. The van der Waals surface area contributed by atoms with Crippen molar-refractivity contribution in [2.24, 2.45) is 0 Å². The molecular formula is C16H28N2OS. The molecule has 114 valence electrons. The summed E-state index contributed by atoms with van der Waals surface area (Å²) >= 11 is 1.94. The van der Waals surface area contributed by atoms with Crippen LogP contribution in [0.15, 0.2) is 12.1 Å². The molecular weight excluding hydrogens is 268 g/mol. The molecule has 0 radical (unpaired) electrons. The minimum atomic E-state index is 0.187. The van der Waals surface area contributed by atoms with Crippen LogP contribution in [0.5, 0.6) is 0 Å². The molecule has 0 bridgehead atoms. The van der Waals surface area contributed by atoms with E-state index in [2.05, 4.69) is 43.1 Å². The summed E-state index contributed by atoms with van der Waals surface area (Å²) in [6.45, 7) is 11.0. The van der Waals surface area contributed by atoms with E-state index in [4.69, 9.17) is 4.74 Å². The number of nitrogens with one attached hydrogen (secondary N) is 1. The summed E-state index contributed by atoms with van der Waals surface area (Å²) in [6.07, 6.45) is 2.81. The summed E-state index contributed by atoms with van der Waals surface area (Å²) in [5, 5.41) is 3.55. The van der Waals surface area contributed by atoms with Gasteiger partial charge in [-0.05, 0) is 45.7 Å². The van der Waals surface area contributed by atoms with E-state index in [0.717, 1.165) is 26.2 Å². The zero-order chi connectivity index (χ0) is 14.6. The van der Waals surface area contributed by atoms with Crippen molar-refractivity contribution in [1.82, 2.24) is 10.2 Å². The van der Waals surface area contributed by atoms with Crippen molar-refractivity contribution in [3.05, 3.63) is 21.9 Å². The Kier molecular flexibility index (Phi) is 5.61. The minimum Gasteiger partial charge on any atom is -0.381 e. The lowest BCUT2D eigenvalue weighted by Crippen LogP contribution is -2.35. The van der Waals surface area contributed by atoms with E-state index in [1.54, 1.807) is 0 Å². The Morgan fingerprint density at radius 1 is 1.25 bits per heavy atom. The van der Waals surface area contributed by atoms with Crippen LogP contribution in [-0.2, 0) is 17.8 Å². The van der Waals surface area contributed by atoms with Gasteiger partial charge < -0.3 is 10.1 Å². The molecule has 20 heavy (non-hydrogen) atoms. The molecule has 4 heteroatoms. The largest absolute Gasteiger partial charge is 0.381 e. The molecule has 0 saturated carbocycles. The van der Waals surface area contributed by atoms with E-state index in [9.17, 15) is 0 Å². The Labute approximate surface area is 127 Å². The van der Waals surface area contributed by atoms with Crippen molar-refractivity contribution >= 4 is 11.3 Å². The lowest BCUT2D eigenvalue weighted by Gasteiger charge is -2.30. The molecule has 0 atom stereocenters. The Hall–Kier alpha value is -0.420. The third-order valence-electron chi connectivity index (χ3n) is 3.76. The standard InChI is InChI=1S/C16H28N2OS/c1-16(2,3)17-11-14-5-6-15(20-14)12-18-9-7-13(19-4)8-10-18/h5-6,13,17H,7-12H2,1-4H3. The van der Waals surface area contributed by atoms with Gasteiger partial charge in [0.05, 0.1) is 6.10 Å². The summed E-state index contributed by atoms with van der Waals surface area (Å²) in [5.74, 6) is 0. The molecule has 1 saturated heterocycles. The number of hydrogen-bond donors (Lipinski definition) is 1. The lowest BCUT2D eigenvalue weighted by atomic mass is 10.1. The first kappa shape index (κ1) is 16.0. The van der Waals surface area contributed by atoms with Gasteiger partial charge in [-0.1, -0.05) is 0 Å². The van der Waals surface area contributed by atoms with E-state index >= 15 is 0 Å². The third kappa shape index (κ3) is 5.17. The molecule has 1 N–H and O–H groups in total. The second kappa shape index (κ2) is 7.03. The molecule has 1 fully saturated rings. The summed E-state index contributed by atoms with van der Waals surface area (Å²) in [4.78, 5) is 5.45. The van der Waals surface area contributed by atoms with Crippen molar-refractivity contribution in [2.75, 3.05) is 20.2 Å². The quantitative estimate of drug-likeness (QED) is 0.903. The molecule has 1 aromatic rings. The molecule has 2 heterocycles. The van der Waals surface area contributed by atoms with Crippen molar-refractivity contribution in [2.45, 2.75) is 58.3 Å². The monoisotopic (exact) mass is 296 g/mol. The van der Waals surface area contributed by atoms with Gasteiger partial charge in [-0.3, -0.25) is 4.90 Å². The normalized spacial score (nSPS) is 18.6. The summed E-state index contributed by atoms with van der Waals surface area (Å²) < 4.78 is 5.43. The number of thiophene rings is 1. The first-order valence-electron chi connectivity index (χ1n) is 7.54. The van der Waals surface area contributed by atoms with Crippen LogP contribution in [0, 0.1) is 0 Å². The predicted octanol–water partition coefficient (Wildman–Crippen LogP) is 3.25. The summed E-state index contributed by atoms with van der Waals surface area (Å²) in [5.41, 5.74) is 0.187. The van der Waals surface area contributed by atoms with Crippen molar-refractivity contribution in [3.63, 3.8) is 0 Å². The molecule has 0 spiro atoms. The lowest BCUT2D eigenvalue weighted by molar-refractivity contribution is 0.0391. The highest BCUT2D eigenvalue weighted by Crippen LogP contribution is 2.21. The molecule has 0 aromatic carbocycles. The van der Waals surface area contributed by atoms with Gasteiger partial charge in [-0.15, -0.1) is 11.3 Å². The molecule has 1 aromatic heterocycles. The van der Waals surface area contributed by atoms with Crippen molar-refractivity contribution < 1.29 is 4.74 Å². The SMILES string of the molecule is COC1CCN(Cc2ccc(CNC(C)(C)C)s2)CC1. The fraction of sp³-hybridized carbons (Fsp3) is 0.750. The second-order valence-electron chi connectivity index (χ2n) is 6.68. The number of nitrogens with zero attached hydrogens (tertiary/aromatic N) is 1. The molecule has 1 aliphatic heterocycles. The van der Waals surface area contributed by atoms with Gasteiger partial charge in [0.15, 0.2) is 0 Å². The number of methoxy groups -OCH3 is 1. The van der Waals surface area contributed by atoms with Gasteiger partial charge in [-0.2, -0.15) is 0 Å². The van der Waals surface area contributed by atoms with Crippen LogP contribution in [0.1, 0.15) is 43.4 Å². The number of piperidine rings is 1. The zero-order valence-electron chi connectivity index (χ0n) is 13.2. The highest BCUT2D eigenvalue weighted by atomic mass is 32.1. The highest BCUT2D eigenvalue weighted by molar-refractivity contribution is 7.11. The van der Waals surface area contributed by atoms with Crippen molar-refractivity contribution in [3.8, 4) is 0 Å². The molecule has 2 rings (SSSR count). The Balaban J connectivity index is 1.78. The van der Waals surface area contributed by atoms with Gasteiger partial charge in [0, 0.05) is 48.6 Å². The average molecular weight is 296 g/mol. The van der Waals surface area contributed by atoms with Crippen molar-refractivity contribution in [1.29, 1.82) is 0 Å². The number of hydrogen-bond acceptors (Lipinski definition) is 4. The second-order valence-corrected chi connectivity index (χ2v) is 7.94. The van der Waals surface area contributed by atoms with Crippen LogP contribution >= 0.6 is 11.3 Å². The molecule has 3 nitrogen and oxygen atoms in total. The maximum Gasteiger partial charge on any atom is 0.0595 e. The Bertz CT molecular complexity index is 403.